The zero-order valence-electron chi connectivity index (χ0n) is 31.2. The Kier molecular flexibility index (Phi) is 39.1. The van der Waals surface area contributed by atoms with Crippen molar-refractivity contribution < 1.29 is 19.1 Å². The lowest BCUT2D eigenvalue weighted by molar-refractivity contribution is -0.147. The molecule has 4 heteroatoms. The van der Waals surface area contributed by atoms with Gasteiger partial charge in [0.2, 0.25) is 0 Å². The molecule has 4 nitrogen and oxygen atoms in total. The molecule has 0 heterocycles. The van der Waals surface area contributed by atoms with Gasteiger partial charge in [-0.25, -0.2) is 0 Å². The molecule has 0 aliphatic rings. The third-order valence-corrected chi connectivity index (χ3v) is 7.92. The molecule has 0 aliphatic heterocycles. The zero-order valence-corrected chi connectivity index (χ0v) is 31.2. The lowest BCUT2D eigenvalue weighted by atomic mass is 10.0. The Morgan fingerprint density at radius 2 is 0.933 bits per heavy atom. The number of allylic oxidation sites excluding steroid dienone is 4. The number of esters is 2. The fourth-order valence-corrected chi connectivity index (χ4v) is 5.23. The highest BCUT2D eigenvalue weighted by molar-refractivity contribution is 5.69. The van der Waals surface area contributed by atoms with Crippen molar-refractivity contribution in [2.24, 2.45) is 5.92 Å². The molecule has 0 aromatic carbocycles. The van der Waals surface area contributed by atoms with Crippen molar-refractivity contribution in [3.05, 3.63) is 24.3 Å². The maximum Gasteiger partial charge on any atom is 0.306 e. The van der Waals surface area contributed by atoms with Gasteiger partial charge in [-0.1, -0.05) is 154 Å². The number of hydrogen-bond acceptors (Lipinski definition) is 4. The molecule has 0 unspecified atom stereocenters. The molecule has 0 spiro atoms. The van der Waals surface area contributed by atoms with Crippen LogP contribution in [0.3, 0.4) is 0 Å². The van der Waals surface area contributed by atoms with Crippen LogP contribution in [0.15, 0.2) is 24.3 Å². The lowest BCUT2D eigenvalue weighted by Crippen LogP contribution is -2.10. The van der Waals surface area contributed by atoms with Gasteiger partial charge in [0.25, 0.3) is 0 Å². The molecule has 0 rings (SSSR count). The van der Waals surface area contributed by atoms with Crippen LogP contribution in [0.25, 0.3) is 0 Å². The van der Waals surface area contributed by atoms with Crippen LogP contribution >= 0.6 is 0 Å². The maximum absolute atomic E-state index is 11.4. The Balaban J connectivity index is 0. The van der Waals surface area contributed by atoms with E-state index in [2.05, 4.69) is 45.1 Å². The van der Waals surface area contributed by atoms with Crippen LogP contribution < -0.4 is 0 Å². The SMILES string of the molecule is CC(C)CCCCCCCCCCCCCCC(=O)OC(C)C.CCCCC/C=C\C/C=C\CCCCCCCC(=O)OCC. The molecule has 0 amide bonds. The molecule has 0 radical (unpaired) electrons. The summed E-state index contributed by atoms with van der Waals surface area (Å²) in [5, 5.41) is 0. The van der Waals surface area contributed by atoms with Crippen molar-refractivity contribution in [3.8, 4) is 0 Å². The molecule has 0 saturated carbocycles. The summed E-state index contributed by atoms with van der Waals surface area (Å²) in [7, 11) is 0. The Morgan fingerprint density at radius 1 is 0.511 bits per heavy atom. The van der Waals surface area contributed by atoms with Crippen molar-refractivity contribution in [1.29, 1.82) is 0 Å². The second kappa shape index (κ2) is 38.6. The standard InChI is InChI=1S/C21H42O2.C20H36O2/c1-19(2)17-15-13-11-9-7-5-6-8-10-12-14-16-18-21(22)23-20(3)4;1-3-5-6-7-8-9-10-11-12-13-14-15-16-17-18-19-20(21)22-4-2/h19-20H,5-18H2,1-4H3;8-9,11-12H,3-7,10,13-19H2,1-2H3/b;9-8-,12-11-. The molecule has 0 aliphatic carbocycles. The van der Waals surface area contributed by atoms with Crippen LogP contribution in [0.4, 0.5) is 0 Å². The van der Waals surface area contributed by atoms with E-state index in [1.54, 1.807) is 0 Å². The first-order valence-corrected chi connectivity index (χ1v) is 19.5. The molecule has 0 atom stereocenters. The van der Waals surface area contributed by atoms with Crippen molar-refractivity contribution >= 4 is 11.9 Å². The first-order chi connectivity index (χ1) is 21.8. The average molecular weight is 635 g/mol. The van der Waals surface area contributed by atoms with Gasteiger partial charge in [-0.3, -0.25) is 9.59 Å². The lowest BCUT2D eigenvalue weighted by Gasteiger charge is -2.07. The molecule has 0 fully saturated rings. The van der Waals surface area contributed by atoms with E-state index in [0.717, 1.165) is 31.6 Å². The fourth-order valence-electron chi connectivity index (χ4n) is 5.23. The summed E-state index contributed by atoms with van der Waals surface area (Å²) in [6.07, 6.45) is 41.1. The Morgan fingerprint density at radius 3 is 1.38 bits per heavy atom. The summed E-state index contributed by atoms with van der Waals surface area (Å²) >= 11 is 0. The number of unbranched alkanes of at least 4 members (excludes halogenated alkanes) is 19. The smallest absolute Gasteiger partial charge is 0.306 e. The van der Waals surface area contributed by atoms with Gasteiger partial charge in [-0.2, -0.15) is 0 Å². The molecule has 0 aromatic heterocycles. The first-order valence-electron chi connectivity index (χ1n) is 19.5. The Labute approximate surface area is 282 Å². The van der Waals surface area contributed by atoms with Gasteiger partial charge in [0.05, 0.1) is 12.7 Å². The molecular weight excluding hydrogens is 556 g/mol. The predicted molar refractivity (Wildman–Crippen MR) is 197 cm³/mol. The van der Waals surface area contributed by atoms with Crippen molar-refractivity contribution in [2.45, 2.75) is 215 Å². The van der Waals surface area contributed by atoms with Gasteiger partial charge in [0.1, 0.15) is 0 Å². The third kappa shape index (κ3) is 44.6. The van der Waals surface area contributed by atoms with E-state index >= 15 is 0 Å². The van der Waals surface area contributed by atoms with Crippen LogP contribution in [0.5, 0.6) is 0 Å². The first kappa shape index (κ1) is 45.5. The number of hydrogen-bond donors (Lipinski definition) is 0. The van der Waals surface area contributed by atoms with Gasteiger partial charge in [0, 0.05) is 12.8 Å². The predicted octanol–water partition coefficient (Wildman–Crippen LogP) is 13.4. The Bertz CT molecular complexity index is 664. The quantitative estimate of drug-likeness (QED) is 0.0432. The van der Waals surface area contributed by atoms with Crippen molar-refractivity contribution in [2.75, 3.05) is 6.61 Å². The van der Waals surface area contributed by atoms with E-state index in [0.29, 0.717) is 19.4 Å². The molecular formula is C41H78O4. The van der Waals surface area contributed by atoms with Crippen molar-refractivity contribution in [3.63, 3.8) is 0 Å². The minimum Gasteiger partial charge on any atom is -0.466 e. The molecule has 45 heavy (non-hydrogen) atoms. The van der Waals surface area contributed by atoms with Crippen LogP contribution in [-0.4, -0.2) is 24.6 Å². The zero-order chi connectivity index (χ0) is 33.6. The minimum absolute atomic E-state index is 0.0257. The van der Waals surface area contributed by atoms with Gasteiger partial charge in [-0.15, -0.1) is 0 Å². The van der Waals surface area contributed by atoms with Crippen LogP contribution in [-0.2, 0) is 19.1 Å². The minimum atomic E-state index is -0.0480. The van der Waals surface area contributed by atoms with Gasteiger partial charge in [0.15, 0.2) is 0 Å². The van der Waals surface area contributed by atoms with Gasteiger partial charge in [-0.05, 0) is 71.6 Å². The van der Waals surface area contributed by atoms with E-state index in [1.165, 1.54) is 128 Å². The van der Waals surface area contributed by atoms with E-state index in [9.17, 15) is 9.59 Å². The summed E-state index contributed by atoms with van der Waals surface area (Å²) < 4.78 is 10.0. The topological polar surface area (TPSA) is 52.6 Å². The number of carbonyl (C=O) groups excluding carboxylic acids is 2. The van der Waals surface area contributed by atoms with Crippen LogP contribution in [0.1, 0.15) is 208 Å². The average Bonchev–Trinajstić information content (AvgIpc) is 2.99. The van der Waals surface area contributed by atoms with Gasteiger partial charge < -0.3 is 9.47 Å². The monoisotopic (exact) mass is 635 g/mol. The number of rotatable bonds is 31. The fraction of sp³-hybridized carbons (Fsp3) is 0.854. The summed E-state index contributed by atoms with van der Waals surface area (Å²) in [5.41, 5.74) is 0. The summed E-state index contributed by atoms with van der Waals surface area (Å²) in [5.74, 6) is 0.789. The van der Waals surface area contributed by atoms with E-state index in [1.807, 2.05) is 20.8 Å². The molecule has 266 valence electrons. The second-order valence-electron chi connectivity index (χ2n) is 13.5. The second-order valence-corrected chi connectivity index (χ2v) is 13.5. The highest BCUT2D eigenvalue weighted by Crippen LogP contribution is 2.15. The highest BCUT2D eigenvalue weighted by Gasteiger charge is 2.04. The van der Waals surface area contributed by atoms with E-state index < -0.39 is 0 Å². The summed E-state index contributed by atoms with van der Waals surface area (Å²) in [6, 6.07) is 0. The molecule has 0 bridgehead atoms. The molecule has 0 saturated heterocycles. The van der Waals surface area contributed by atoms with E-state index in [4.69, 9.17) is 9.47 Å². The largest absolute Gasteiger partial charge is 0.466 e. The number of carbonyl (C=O) groups is 2. The van der Waals surface area contributed by atoms with Gasteiger partial charge >= 0.3 is 11.9 Å². The highest BCUT2D eigenvalue weighted by atomic mass is 16.5. The molecule has 0 aromatic rings. The van der Waals surface area contributed by atoms with Crippen LogP contribution in [0.2, 0.25) is 0 Å². The summed E-state index contributed by atoms with van der Waals surface area (Å²) in [4.78, 5) is 22.5. The molecule has 0 N–H and O–H groups in total. The van der Waals surface area contributed by atoms with Crippen molar-refractivity contribution in [1.82, 2.24) is 0 Å². The summed E-state index contributed by atoms with van der Waals surface area (Å²) in [6.45, 7) is 13.0. The van der Waals surface area contributed by atoms with Crippen LogP contribution in [0, 0.1) is 5.92 Å². The Hall–Kier alpha value is -1.58. The third-order valence-electron chi connectivity index (χ3n) is 7.92. The van der Waals surface area contributed by atoms with E-state index in [-0.39, 0.29) is 18.0 Å². The number of ether oxygens (including phenoxy) is 2. The maximum atomic E-state index is 11.4. The normalized spacial score (nSPS) is 11.5.